The van der Waals surface area contributed by atoms with Crippen molar-refractivity contribution < 1.29 is 47.7 Å². The predicted molar refractivity (Wildman–Crippen MR) is 214 cm³/mol. The Labute approximate surface area is 332 Å². The van der Waals surface area contributed by atoms with E-state index in [2.05, 4.69) is 29.4 Å². The lowest BCUT2D eigenvalue weighted by Gasteiger charge is -2.37. The van der Waals surface area contributed by atoms with Crippen LogP contribution in [0.5, 0.6) is 5.75 Å². The Balaban J connectivity index is 1.59. The van der Waals surface area contributed by atoms with Crippen molar-refractivity contribution in [3.05, 3.63) is 78.4 Å². The summed E-state index contributed by atoms with van der Waals surface area (Å²) in [6.07, 6.45) is 5.16. The Morgan fingerprint density at radius 3 is 2.12 bits per heavy atom. The van der Waals surface area contributed by atoms with Crippen molar-refractivity contribution in [3.8, 4) is 5.75 Å². The lowest BCUT2D eigenvalue weighted by Crippen LogP contribution is -2.51. The van der Waals surface area contributed by atoms with Gasteiger partial charge in [-0.3, -0.25) is 14.4 Å². The standard InChI is InChI=1S/C40H52N4O10S2/c1-4-6-18-40(19-7-5-2)25-44(28-16-12-9-13-17-28)30-20-33(55-3)32(21-34(30)56(52,53)26-40)54-24-35(47)43-36(27-14-10-8-11-15-27)38(49)41-22-31(46)37(48)42-29(23-45)39(50)51/h8-17,20-21,29,31,36,45-46H,4-7,18-19,22-26H2,1-3H3,(H,41,49)(H,42,48)(H,43,47)(H,50,51)/t29-,31-,36-/m1/s1. The summed E-state index contributed by atoms with van der Waals surface area (Å²) in [7, 11) is -3.85. The fourth-order valence-electron chi connectivity index (χ4n) is 6.72. The third kappa shape index (κ3) is 11.5. The monoisotopic (exact) mass is 812 g/mol. The number of unbranched alkanes of at least 4 members (excludes halogenated alkanes) is 2. The first-order chi connectivity index (χ1) is 26.8. The number of sulfone groups is 1. The van der Waals surface area contributed by atoms with E-state index in [0.29, 0.717) is 22.7 Å². The van der Waals surface area contributed by atoms with Gasteiger partial charge in [0.25, 0.3) is 11.8 Å². The second kappa shape index (κ2) is 20.5. The van der Waals surface area contributed by atoms with Crippen LogP contribution in [-0.4, -0.2) is 97.9 Å². The van der Waals surface area contributed by atoms with Gasteiger partial charge in [-0.05, 0) is 42.9 Å². The number of thioether (sulfide) groups is 1. The van der Waals surface area contributed by atoms with Crippen molar-refractivity contribution in [2.24, 2.45) is 5.41 Å². The van der Waals surface area contributed by atoms with Crippen molar-refractivity contribution in [1.82, 2.24) is 16.0 Å². The summed E-state index contributed by atoms with van der Waals surface area (Å²) in [4.78, 5) is 53.0. The summed E-state index contributed by atoms with van der Waals surface area (Å²) >= 11 is 1.34. The Hall–Kier alpha value is -4.64. The van der Waals surface area contributed by atoms with Crippen molar-refractivity contribution in [1.29, 1.82) is 0 Å². The zero-order valence-electron chi connectivity index (χ0n) is 31.9. The van der Waals surface area contributed by atoms with Gasteiger partial charge in [0.15, 0.2) is 16.4 Å². The maximum Gasteiger partial charge on any atom is 0.328 e. The van der Waals surface area contributed by atoms with Gasteiger partial charge in [0.2, 0.25) is 5.91 Å². The smallest absolute Gasteiger partial charge is 0.328 e. The highest BCUT2D eigenvalue weighted by molar-refractivity contribution is 7.98. The summed E-state index contributed by atoms with van der Waals surface area (Å²) in [6.45, 7) is 2.62. The Bertz CT molecular complexity index is 1910. The van der Waals surface area contributed by atoms with Crippen LogP contribution in [0.2, 0.25) is 0 Å². The maximum absolute atomic E-state index is 14.4. The minimum Gasteiger partial charge on any atom is -0.483 e. The van der Waals surface area contributed by atoms with Gasteiger partial charge in [-0.2, -0.15) is 0 Å². The molecule has 1 aliphatic heterocycles. The minimum atomic E-state index is -3.85. The highest BCUT2D eigenvalue weighted by Crippen LogP contribution is 2.47. The molecule has 0 fully saturated rings. The molecule has 0 saturated heterocycles. The highest BCUT2D eigenvalue weighted by Gasteiger charge is 2.42. The number of hydrogen-bond donors (Lipinski definition) is 6. The van der Waals surface area contributed by atoms with Crippen molar-refractivity contribution in [2.75, 3.05) is 43.2 Å². The van der Waals surface area contributed by atoms with Gasteiger partial charge in [0, 0.05) is 23.7 Å². The first-order valence-corrected chi connectivity index (χ1v) is 21.5. The number of hydrogen-bond acceptors (Lipinski definition) is 11. The summed E-state index contributed by atoms with van der Waals surface area (Å²) in [5.74, 6) is -3.98. The van der Waals surface area contributed by atoms with Gasteiger partial charge in [0.1, 0.15) is 23.9 Å². The normalized spacial score (nSPS) is 16.0. The topological polar surface area (TPSA) is 212 Å². The number of carboxylic acids is 1. The van der Waals surface area contributed by atoms with Crippen LogP contribution in [0.25, 0.3) is 0 Å². The van der Waals surface area contributed by atoms with Crippen molar-refractivity contribution >= 4 is 56.7 Å². The molecule has 3 aromatic rings. The fraction of sp³-hybridized carbons (Fsp3) is 0.450. The van der Waals surface area contributed by atoms with E-state index in [1.54, 1.807) is 36.4 Å². The number of carbonyl (C=O) groups excluding carboxylic acids is 3. The molecule has 16 heteroatoms. The van der Waals surface area contributed by atoms with Gasteiger partial charge in [-0.15, -0.1) is 11.8 Å². The molecule has 0 aromatic heterocycles. The number of aliphatic hydroxyl groups excluding tert-OH is 2. The summed E-state index contributed by atoms with van der Waals surface area (Å²) in [5.41, 5.74) is 1.29. The van der Waals surface area contributed by atoms with Crippen LogP contribution in [0.3, 0.4) is 0 Å². The molecule has 1 aliphatic rings. The molecule has 0 spiro atoms. The molecule has 304 valence electrons. The third-order valence-corrected chi connectivity index (χ3v) is 12.4. The molecular weight excluding hydrogens is 761 g/mol. The second-order valence-electron chi connectivity index (χ2n) is 13.9. The molecule has 0 unspecified atom stereocenters. The van der Waals surface area contributed by atoms with Gasteiger partial charge in [0.05, 0.1) is 34.4 Å². The number of anilines is 2. The number of ether oxygens (including phenoxy) is 1. The summed E-state index contributed by atoms with van der Waals surface area (Å²) < 4.78 is 34.9. The van der Waals surface area contributed by atoms with E-state index in [4.69, 9.17) is 14.9 Å². The average molecular weight is 813 g/mol. The molecule has 3 atom stereocenters. The molecule has 0 saturated carbocycles. The molecule has 14 nitrogen and oxygen atoms in total. The molecule has 3 amide bonds. The van der Waals surface area contributed by atoms with E-state index in [0.717, 1.165) is 44.2 Å². The van der Waals surface area contributed by atoms with Gasteiger partial charge in [-0.1, -0.05) is 88.1 Å². The number of nitrogens with one attached hydrogen (secondary N) is 3. The Morgan fingerprint density at radius 1 is 0.929 bits per heavy atom. The quantitative estimate of drug-likeness (QED) is 0.0896. The zero-order valence-corrected chi connectivity index (χ0v) is 33.5. The summed E-state index contributed by atoms with van der Waals surface area (Å²) in [5, 5.41) is 35.4. The Morgan fingerprint density at radius 2 is 1.55 bits per heavy atom. The second-order valence-corrected chi connectivity index (χ2v) is 16.7. The lowest BCUT2D eigenvalue weighted by atomic mass is 9.79. The molecule has 0 aliphatic carbocycles. The largest absolute Gasteiger partial charge is 0.483 e. The van der Waals surface area contributed by atoms with Crippen LogP contribution >= 0.6 is 11.8 Å². The SMILES string of the molecule is CCCCC1(CCCC)CN(c2ccccc2)c2cc(SC)c(OCC(=O)N[C@@H](C(=O)NC[C@@H](O)C(=O)N[C@H](CO)C(=O)O)c3ccccc3)cc2S(=O)(=O)C1. The van der Waals surface area contributed by atoms with E-state index in [1.807, 2.05) is 41.9 Å². The van der Waals surface area contributed by atoms with E-state index in [1.165, 1.54) is 17.8 Å². The number of carbonyl (C=O) groups is 4. The first-order valence-electron chi connectivity index (χ1n) is 18.6. The number of amides is 3. The van der Waals surface area contributed by atoms with Crippen LogP contribution < -0.4 is 25.6 Å². The number of aliphatic hydroxyl groups is 2. The third-order valence-electron chi connectivity index (χ3n) is 9.68. The van der Waals surface area contributed by atoms with Gasteiger partial charge < -0.3 is 40.9 Å². The molecule has 56 heavy (non-hydrogen) atoms. The van der Waals surface area contributed by atoms with Crippen molar-refractivity contribution in [2.45, 2.75) is 80.4 Å². The van der Waals surface area contributed by atoms with E-state index in [9.17, 15) is 32.7 Å². The minimum absolute atomic E-state index is 0.0271. The molecule has 3 aromatic carbocycles. The average Bonchev–Trinajstić information content (AvgIpc) is 3.29. The zero-order chi connectivity index (χ0) is 40.9. The maximum atomic E-state index is 14.4. The number of aliphatic carboxylic acids is 1. The lowest BCUT2D eigenvalue weighted by molar-refractivity contribution is -0.144. The molecular formula is C40H52N4O10S2. The number of para-hydroxylation sites is 1. The number of fused-ring (bicyclic) bond motifs is 1. The molecule has 0 bridgehead atoms. The number of carboxylic acid groups (broad SMARTS) is 1. The van der Waals surface area contributed by atoms with Crippen LogP contribution in [0.15, 0.2) is 82.6 Å². The fourth-order valence-corrected chi connectivity index (χ4v) is 9.38. The van der Waals surface area contributed by atoms with E-state index in [-0.39, 0.29) is 16.4 Å². The van der Waals surface area contributed by atoms with E-state index < -0.39 is 76.9 Å². The molecule has 4 rings (SSSR count). The van der Waals surface area contributed by atoms with E-state index >= 15 is 0 Å². The molecule has 1 heterocycles. The highest BCUT2D eigenvalue weighted by atomic mass is 32.2. The Kier molecular flexibility index (Phi) is 16.1. The number of rotatable bonds is 20. The van der Waals surface area contributed by atoms with Crippen LogP contribution in [0.4, 0.5) is 11.4 Å². The van der Waals surface area contributed by atoms with Gasteiger partial charge in [-0.25, -0.2) is 13.2 Å². The predicted octanol–water partition coefficient (Wildman–Crippen LogP) is 3.98. The molecule has 6 N–H and O–H groups in total. The number of nitrogens with zero attached hydrogens (tertiary/aromatic N) is 1. The van der Waals surface area contributed by atoms with Crippen LogP contribution in [0, 0.1) is 5.41 Å². The molecule has 0 radical (unpaired) electrons. The number of benzene rings is 3. The van der Waals surface area contributed by atoms with Crippen molar-refractivity contribution in [3.63, 3.8) is 0 Å². The van der Waals surface area contributed by atoms with Gasteiger partial charge >= 0.3 is 5.97 Å². The van der Waals surface area contributed by atoms with Crippen LogP contribution in [-0.2, 0) is 29.0 Å². The van der Waals surface area contributed by atoms with Crippen LogP contribution in [0.1, 0.15) is 64.0 Å². The first kappa shape index (κ1) is 44.1. The summed E-state index contributed by atoms with van der Waals surface area (Å²) in [6, 6.07) is 18.3.